The van der Waals surface area contributed by atoms with Crippen molar-refractivity contribution in [1.82, 2.24) is 0 Å². The lowest BCUT2D eigenvalue weighted by molar-refractivity contribution is 0.770. The van der Waals surface area contributed by atoms with Crippen molar-refractivity contribution in [2.45, 2.75) is 5.41 Å². The standard InChI is InChI=1S/C53H30N4/c54-31-35-9-5-13-39(21-35)43-25-44(40-14-6-10-36(22-40)32-55)28-47(27-43)53(51-19-3-1-17-49(51)50-18-2-4-20-52(50)53)48-29-45(41-15-7-11-37(23-41)33-56)26-46(30-48)42-16-8-12-38(24-42)34-57/h1-30H. The molecule has 8 aromatic carbocycles. The van der Waals surface area contributed by atoms with Gasteiger partial charge in [-0.3, -0.25) is 0 Å². The fourth-order valence-corrected chi connectivity index (χ4v) is 8.45. The summed E-state index contributed by atoms with van der Waals surface area (Å²) >= 11 is 0. The Morgan fingerprint density at radius 2 is 0.579 bits per heavy atom. The van der Waals surface area contributed by atoms with Crippen LogP contribution in [-0.4, -0.2) is 0 Å². The average molecular weight is 723 g/mol. The smallest absolute Gasteiger partial charge is 0.0991 e. The van der Waals surface area contributed by atoms with E-state index in [-0.39, 0.29) is 0 Å². The second-order valence-corrected chi connectivity index (χ2v) is 14.2. The summed E-state index contributed by atoms with van der Waals surface area (Å²) in [6, 6.07) is 70.3. The normalized spacial score (nSPS) is 11.9. The number of nitriles is 4. The van der Waals surface area contributed by atoms with Gasteiger partial charge < -0.3 is 0 Å². The average Bonchev–Trinajstić information content (AvgIpc) is 3.60. The van der Waals surface area contributed by atoms with E-state index in [0.29, 0.717) is 22.3 Å². The Morgan fingerprint density at radius 3 is 0.877 bits per heavy atom. The van der Waals surface area contributed by atoms with Gasteiger partial charge in [0.2, 0.25) is 0 Å². The van der Waals surface area contributed by atoms with Gasteiger partial charge in [0.1, 0.15) is 0 Å². The van der Waals surface area contributed by atoms with E-state index in [1.807, 2.05) is 97.1 Å². The Morgan fingerprint density at radius 1 is 0.281 bits per heavy atom. The van der Waals surface area contributed by atoms with Gasteiger partial charge in [-0.1, -0.05) is 97.1 Å². The minimum Gasteiger partial charge on any atom is -0.192 e. The van der Waals surface area contributed by atoms with Crippen LogP contribution in [0.5, 0.6) is 0 Å². The Hall–Kier alpha value is -8.28. The van der Waals surface area contributed by atoms with Gasteiger partial charge in [-0.05, 0) is 163 Å². The van der Waals surface area contributed by atoms with Gasteiger partial charge in [-0.25, -0.2) is 0 Å². The van der Waals surface area contributed by atoms with Crippen molar-refractivity contribution in [2.75, 3.05) is 0 Å². The Balaban J connectivity index is 1.44. The minimum absolute atomic E-state index is 0.564. The van der Waals surface area contributed by atoms with Crippen LogP contribution in [0.4, 0.5) is 0 Å². The topological polar surface area (TPSA) is 95.2 Å². The molecular formula is C53H30N4. The molecule has 0 bridgehead atoms. The van der Waals surface area contributed by atoms with Crippen LogP contribution in [0.3, 0.4) is 0 Å². The van der Waals surface area contributed by atoms with Gasteiger partial charge in [0.05, 0.1) is 51.9 Å². The van der Waals surface area contributed by atoms with E-state index in [4.69, 9.17) is 0 Å². The van der Waals surface area contributed by atoms with Gasteiger partial charge in [0.25, 0.3) is 0 Å². The van der Waals surface area contributed by atoms with Crippen molar-refractivity contribution in [1.29, 1.82) is 21.0 Å². The van der Waals surface area contributed by atoms with Crippen LogP contribution in [0.15, 0.2) is 182 Å². The lowest BCUT2D eigenvalue weighted by Crippen LogP contribution is -2.29. The molecule has 1 aliphatic rings. The first-order valence-corrected chi connectivity index (χ1v) is 18.5. The van der Waals surface area contributed by atoms with Crippen molar-refractivity contribution in [3.8, 4) is 79.9 Å². The number of benzene rings is 8. The van der Waals surface area contributed by atoms with Crippen molar-refractivity contribution in [2.24, 2.45) is 0 Å². The first-order chi connectivity index (χ1) is 28.0. The van der Waals surface area contributed by atoms with E-state index in [0.717, 1.165) is 77.9 Å². The Bertz CT molecular complexity index is 2730. The molecule has 0 aromatic heterocycles. The van der Waals surface area contributed by atoms with Gasteiger partial charge >= 0.3 is 0 Å². The molecule has 0 heterocycles. The maximum absolute atomic E-state index is 9.92. The Kier molecular flexibility index (Phi) is 8.58. The highest BCUT2D eigenvalue weighted by atomic mass is 14.5. The summed E-state index contributed by atoms with van der Waals surface area (Å²) < 4.78 is 0. The summed E-state index contributed by atoms with van der Waals surface area (Å²) in [5.41, 5.74) is 15.2. The van der Waals surface area contributed by atoms with Gasteiger partial charge in [0.15, 0.2) is 0 Å². The second-order valence-electron chi connectivity index (χ2n) is 14.2. The summed E-state index contributed by atoms with van der Waals surface area (Å²) in [5.74, 6) is 0. The molecule has 0 amide bonds. The molecule has 0 fully saturated rings. The summed E-state index contributed by atoms with van der Waals surface area (Å²) in [6.07, 6.45) is 0. The summed E-state index contributed by atoms with van der Waals surface area (Å²) in [5, 5.41) is 39.7. The van der Waals surface area contributed by atoms with Crippen LogP contribution in [-0.2, 0) is 5.41 Å². The quantitative estimate of drug-likeness (QED) is 0.171. The van der Waals surface area contributed by atoms with Crippen molar-refractivity contribution >= 4 is 0 Å². The molecule has 0 aliphatic heterocycles. The molecule has 4 nitrogen and oxygen atoms in total. The van der Waals surface area contributed by atoms with Gasteiger partial charge in [0, 0.05) is 0 Å². The van der Waals surface area contributed by atoms with E-state index in [2.05, 4.69) is 109 Å². The summed E-state index contributed by atoms with van der Waals surface area (Å²) in [6.45, 7) is 0. The molecule has 57 heavy (non-hydrogen) atoms. The van der Waals surface area contributed by atoms with Crippen molar-refractivity contribution in [3.63, 3.8) is 0 Å². The zero-order chi connectivity index (χ0) is 38.9. The molecule has 0 radical (unpaired) electrons. The van der Waals surface area contributed by atoms with Crippen LogP contribution < -0.4 is 0 Å². The predicted octanol–water partition coefficient (Wildman–Crippen LogP) is 12.2. The Labute approximate surface area is 331 Å². The number of nitrogens with zero attached hydrogens (tertiary/aromatic N) is 4. The molecule has 0 N–H and O–H groups in total. The van der Waals surface area contributed by atoms with E-state index in [1.54, 1.807) is 0 Å². The first-order valence-electron chi connectivity index (χ1n) is 18.5. The van der Waals surface area contributed by atoms with E-state index >= 15 is 0 Å². The lowest BCUT2D eigenvalue weighted by atomic mass is 9.66. The maximum Gasteiger partial charge on any atom is 0.0991 e. The largest absolute Gasteiger partial charge is 0.192 e. The number of fused-ring (bicyclic) bond motifs is 3. The number of hydrogen-bond donors (Lipinski definition) is 0. The van der Waals surface area contributed by atoms with E-state index in [9.17, 15) is 21.0 Å². The molecule has 0 unspecified atom stereocenters. The maximum atomic E-state index is 9.92. The molecule has 0 spiro atoms. The second kappa shape index (κ2) is 14.2. The first kappa shape index (κ1) is 34.5. The van der Waals surface area contributed by atoms with Gasteiger partial charge in [-0.2, -0.15) is 21.0 Å². The van der Waals surface area contributed by atoms with Crippen LogP contribution in [0.2, 0.25) is 0 Å². The van der Waals surface area contributed by atoms with Crippen molar-refractivity contribution in [3.05, 3.63) is 226 Å². The van der Waals surface area contributed by atoms with E-state index < -0.39 is 5.41 Å². The third kappa shape index (κ3) is 5.93. The zero-order valence-corrected chi connectivity index (χ0v) is 30.6. The molecule has 1 aliphatic carbocycles. The number of rotatable bonds is 6. The molecule has 4 heteroatoms. The minimum atomic E-state index is -0.859. The molecule has 0 saturated carbocycles. The third-order valence-electron chi connectivity index (χ3n) is 11.0. The van der Waals surface area contributed by atoms with Crippen LogP contribution in [0.1, 0.15) is 44.5 Å². The monoisotopic (exact) mass is 722 g/mol. The highest BCUT2D eigenvalue weighted by Gasteiger charge is 2.46. The van der Waals surface area contributed by atoms with E-state index in [1.165, 1.54) is 0 Å². The highest BCUT2D eigenvalue weighted by Crippen LogP contribution is 2.57. The summed E-state index contributed by atoms with van der Waals surface area (Å²) in [7, 11) is 0. The molecule has 8 aromatic rings. The molecule has 0 atom stereocenters. The highest BCUT2D eigenvalue weighted by molar-refractivity contribution is 5.89. The van der Waals surface area contributed by atoms with Crippen LogP contribution in [0, 0.1) is 45.3 Å². The van der Waals surface area contributed by atoms with Crippen molar-refractivity contribution < 1.29 is 0 Å². The van der Waals surface area contributed by atoms with Crippen LogP contribution >= 0.6 is 0 Å². The molecule has 9 rings (SSSR count). The lowest BCUT2D eigenvalue weighted by Gasteiger charge is -2.35. The van der Waals surface area contributed by atoms with Gasteiger partial charge in [-0.15, -0.1) is 0 Å². The number of hydrogen-bond acceptors (Lipinski definition) is 4. The fraction of sp³-hybridized carbons (Fsp3) is 0.0189. The molecule has 0 saturated heterocycles. The molecule has 262 valence electrons. The third-order valence-corrected chi connectivity index (χ3v) is 11.0. The fourth-order valence-electron chi connectivity index (χ4n) is 8.45. The SMILES string of the molecule is N#Cc1cccc(-c2cc(-c3cccc(C#N)c3)cc(C3(c4cc(-c5cccc(C#N)c5)cc(-c5cccc(C#N)c5)c4)c4ccccc4-c4ccccc43)c2)c1. The summed E-state index contributed by atoms with van der Waals surface area (Å²) in [4.78, 5) is 0. The zero-order valence-electron chi connectivity index (χ0n) is 30.6. The predicted molar refractivity (Wildman–Crippen MR) is 224 cm³/mol. The molecular weight excluding hydrogens is 693 g/mol. The van der Waals surface area contributed by atoms with Crippen LogP contribution in [0.25, 0.3) is 55.6 Å².